The Morgan fingerprint density at radius 1 is 1.29 bits per heavy atom. The standard InChI is InChI=1S/C18H19BrN2O2S/c1-11(2)16-20-17-15(18(22)21(16)8-9-23-3)14(10-24-17)12-4-6-13(19)7-5-12/h4-7,10-11H,8-9H2,1-3H3. The lowest BCUT2D eigenvalue weighted by molar-refractivity contribution is 0.184. The highest BCUT2D eigenvalue weighted by atomic mass is 79.9. The van der Waals surface area contributed by atoms with Crippen molar-refractivity contribution in [2.24, 2.45) is 0 Å². The van der Waals surface area contributed by atoms with Gasteiger partial charge in [0.15, 0.2) is 0 Å². The minimum atomic E-state index is 0.0138. The first-order chi connectivity index (χ1) is 11.5. The lowest BCUT2D eigenvalue weighted by Gasteiger charge is -2.14. The fourth-order valence-electron chi connectivity index (χ4n) is 2.72. The fraction of sp³-hybridized carbons (Fsp3) is 0.333. The molecule has 3 rings (SSSR count). The van der Waals surface area contributed by atoms with Crippen LogP contribution in [0.2, 0.25) is 0 Å². The van der Waals surface area contributed by atoms with Crippen LogP contribution >= 0.6 is 27.3 Å². The van der Waals surface area contributed by atoms with Gasteiger partial charge in [0.2, 0.25) is 0 Å². The van der Waals surface area contributed by atoms with Gasteiger partial charge in [0.25, 0.3) is 5.56 Å². The van der Waals surface area contributed by atoms with Gasteiger partial charge in [-0.05, 0) is 17.7 Å². The van der Waals surface area contributed by atoms with Gasteiger partial charge in [0.1, 0.15) is 10.7 Å². The second kappa shape index (κ2) is 7.17. The van der Waals surface area contributed by atoms with Crippen molar-refractivity contribution in [2.45, 2.75) is 26.3 Å². The summed E-state index contributed by atoms with van der Waals surface area (Å²) >= 11 is 4.97. The molecule has 0 amide bonds. The van der Waals surface area contributed by atoms with Crippen molar-refractivity contribution >= 4 is 37.5 Å². The Morgan fingerprint density at radius 2 is 2.00 bits per heavy atom. The molecule has 6 heteroatoms. The van der Waals surface area contributed by atoms with E-state index in [0.717, 1.165) is 26.3 Å². The first-order valence-electron chi connectivity index (χ1n) is 7.79. The first-order valence-corrected chi connectivity index (χ1v) is 9.47. The number of thiophene rings is 1. The van der Waals surface area contributed by atoms with Gasteiger partial charge in [-0.15, -0.1) is 11.3 Å². The highest BCUT2D eigenvalue weighted by Gasteiger charge is 2.18. The van der Waals surface area contributed by atoms with E-state index >= 15 is 0 Å². The molecule has 0 saturated carbocycles. The largest absolute Gasteiger partial charge is 0.383 e. The molecular weight excluding hydrogens is 388 g/mol. The monoisotopic (exact) mass is 406 g/mol. The number of nitrogens with zero attached hydrogens (tertiary/aromatic N) is 2. The molecule has 0 aliphatic heterocycles. The average molecular weight is 407 g/mol. The highest BCUT2D eigenvalue weighted by molar-refractivity contribution is 9.10. The topological polar surface area (TPSA) is 44.1 Å². The van der Waals surface area contributed by atoms with Crippen LogP contribution in [0.3, 0.4) is 0 Å². The third-order valence-electron chi connectivity index (χ3n) is 3.91. The zero-order chi connectivity index (χ0) is 17.3. The number of halogens is 1. The van der Waals surface area contributed by atoms with Crippen LogP contribution in [-0.2, 0) is 11.3 Å². The minimum Gasteiger partial charge on any atom is -0.383 e. The average Bonchev–Trinajstić information content (AvgIpc) is 2.98. The van der Waals surface area contributed by atoms with E-state index in [1.54, 1.807) is 11.7 Å². The normalized spacial score (nSPS) is 11.5. The number of fused-ring (bicyclic) bond motifs is 1. The van der Waals surface area contributed by atoms with Crippen LogP contribution in [0.25, 0.3) is 21.3 Å². The number of ether oxygens (including phenoxy) is 1. The molecule has 0 bridgehead atoms. The van der Waals surface area contributed by atoms with Gasteiger partial charge < -0.3 is 4.74 Å². The van der Waals surface area contributed by atoms with Gasteiger partial charge in [-0.25, -0.2) is 4.98 Å². The van der Waals surface area contributed by atoms with Crippen LogP contribution < -0.4 is 5.56 Å². The summed E-state index contributed by atoms with van der Waals surface area (Å²) in [4.78, 5) is 18.7. The van der Waals surface area contributed by atoms with Crippen molar-refractivity contribution in [2.75, 3.05) is 13.7 Å². The molecule has 24 heavy (non-hydrogen) atoms. The second-order valence-corrected chi connectivity index (χ2v) is 7.68. The molecule has 0 aliphatic carbocycles. The van der Waals surface area contributed by atoms with Crippen molar-refractivity contribution in [1.82, 2.24) is 9.55 Å². The molecule has 2 aromatic heterocycles. The summed E-state index contributed by atoms with van der Waals surface area (Å²) < 4.78 is 7.94. The van der Waals surface area contributed by atoms with Crippen LogP contribution in [0.15, 0.2) is 38.9 Å². The molecule has 2 heterocycles. The summed E-state index contributed by atoms with van der Waals surface area (Å²) in [6.45, 7) is 5.12. The van der Waals surface area contributed by atoms with E-state index in [1.807, 2.05) is 29.6 Å². The summed E-state index contributed by atoms with van der Waals surface area (Å²) in [5.41, 5.74) is 1.99. The number of hydrogen-bond acceptors (Lipinski definition) is 4. The van der Waals surface area contributed by atoms with Crippen molar-refractivity contribution in [3.05, 3.63) is 50.3 Å². The molecule has 0 N–H and O–H groups in total. The number of benzene rings is 1. The predicted molar refractivity (Wildman–Crippen MR) is 103 cm³/mol. The lowest BCUT2D eigenvalue weighted by Crippen LogP contribution is -2.27. The Morgan fingerprint density at radius 3 is 2.62 bits per heavy atom. The van der Waals surface area contributed by atoms with Gasteiger partial charge in [0, 0.05) is 28.4 Å². The molecule has 0 saturated heterocycles. The van der Waals surface area contributed by atoms with E-state index in [4.69, 9.17) is 9.72 Å². The minimum absolute atomic E-state index is 0.0138. The van der Waals surface area contributed by atoms with Gasteiger partial charge >= 0.3 is 0 Å². The zero-order valence-electron chi connectivity index (χ0n) is 13.9. The molecule has 0 spiro atoms. The van der Waals surface area contributed by atoms with Crippen molar-refractivity contribution < 1.29 is 4.74 Å². The van der Waals surface area contributed by atoms with Crippen LogP contribution in [0.4, 0.5) is 0 Å². The molecule has 0 radical (unpaired) electrons. The lowest BCUT2D eigenvalue weighted by atomic mass is 10.1. The number of hydrogen-bond donors (Lipinski definition) is 0. The maximum atomic E-state index is 13.1. The molecule has 0 atom stereocenters. The maximum absolute atomic E-state index is 13.1. The predicted octanol–water partition coefficient (Wildman–Crippen LogP) is 4.66. The summed E-state index contributed by atoms with van der Waals surface area (Å²) in [6, 6.07) is 8.00. The summed E-state index contributed by atoms with van der Waals surface area (Å²) in [6.07, 6.45) is 0. The molecule has 0 unspecified atom stereocenters. The van der Waals surface area contributed by atoms with Crippen molar-refractivity contribution in [3.63, 3.8) is 0 Å². The third kappa shape index (κ3) is 3.18. The Hall–Kier alpha value is -1.50. The van der Waals surface area contributed by atoms with E-state index in [0.29, 0.717) is 18.5 Å². The van der Waals surface area contributed by atoms with Gasteiger partial charge in [0.05, 0.1) is 18.5 Å². The maximum Gasteiger partial charge on any atom is 0.262 e. The molecule has 0 aliphatic rings. The van der Waals surface area contributed by atoms with Gasteiger partial charge in [-0.3, -0.25) is 9.36 Å². The van der Waals surface area contributed by atoms with Crippen LogP contribution in [-0.4, -0.2) is 23.3 Å². The smallest absolute Gasteiger partial charge is 0.262 e. The molecule has 1 aromatic carbocycles. The first kappa shape index (κ1) is 17.3. The van der Waals surface area contributed by atoms with Gasteiger partial charge in [-0.1, -0.05) is 41.9 Å². The van der Waals surface area contributed by atoms with Crippen LogP contribution in [0, 0.1) is 0 Å². The molecule has 4 nitrogen and oxygen atoms in total. The SMILES string of the molecule is COCCn1c(C(C)C)nc2scc(-c3ccc(Br)cc3)c2c1=O. The zero-order valence-corrected chi connectivity index (χ0v) is 16.3. The Balaban J connectivity index is 2.24. The Labute approximate surface area is 153 Å². The Bertz CT molecular complexity index is 913. The number of aromatic nitrogens is 2. The summed E-state index contributed by atoms with van der Waals surface area (Å²) in [5.74, 6) is 0.992. The van der Waals surface area contributed by atoms with E-state index in [9.17, 15) is 4.79 Å². The fourth-order valence-corrected chi connectivity index (χ4v) is 3.93. The number of rotatable bonds is 5. The molecule has 126 valence electrons. The van der Waals surface area contributed by atoms with Crippen molar-refractivity contribution in [1.29, 1.82) is 0 Å². The van der Waals surface area contributed by atoms with Gasteiger partial charge in [-0.2, -0.15) is 0 Å². The second-order valence-electron chi connectivity index (χ2n) is 5.91. The molecule has 3 aromatic rings. The quantitative estimate of drug-likeness (QED) is 0.618. The van der Waals surface area contributed by atoms with Crippen LogP contribution in [0.5, 0.6) is 0 Å². The number of methoxy groups -OCH3 is 1. The van der Waals surface area contributed by atoms with E-state index < -0.39 is 0 Å². The summed E-state index contributed by atoms with van der Waals surface area (Å²) in [7, 11) is 1.64. The molecular formula is C18H19BrN2O2S. The van der Waals surface area contributed by atoms with Crippen molar-refractivity contribution in [3.8, 4) is 11.1 Å². The summed E-state index contributed by atoms with van der Waals surface area (Å²) in [5, 5.41) is 2.72. The third-order valence-corrected chi connectivity index (χ3v) is 5.31. The van der Waals surface area contributed by atoms with E-state index in [2.05, 4.69) is 29.8 Å². The van der Waals surface area contributed by atoms with Crippen LogP contribution in [0.1, 0.15) is 25.6 Å². The van der Waals surface area contributed by atoms with E-state index in [-0.39, 0.29) is 11.5 Å². The Kier molecular flexibility index (Phi) is 5.18. The molecule has 0 fully saturated rings. The van der Waals surface area contributed by atoms with E-state index in [1.165, 1.54) is 11.3 Å². The highest BCUT2D eigenvalue weighted by Crippen LogP contribution is 2.32.